The summed E-state index contributed by atoms with van der Waals surface area (Å²) in [5.41, 5.74) is 3.90. The molecular weight excluding hydrogens is 258 g/mol. The predicted molar refractivity (Wildman–Crippen MR) is 87.6 cm³/mol. The minimum absolute atomic E-state index is 0.700. The summed E-state index contributed by atoms with van der Waals surface area (Å²) in [5, 5.41) is 0. The molecule has 1 heterocycles. The molecule has 3 rings (SSSR count). The van der Waals surface area contributed by atoms with Crippen molar-refractivity contribution in [1.29, 1.82) is 0 Å². The maximum atomic E-state index is 5.80. The van der Waals surface area contributed by atoms with Crippen molar-refractivity contribution in [3.05, 3.63) is 54.1 Å². The van der Waals surface area contributed by atoms with Gasteiger partial charge in [0.1, 0.15) is 5.75 Å². The lowest BCUT2D eigenvalue weighted by atomic mass is 9.98. The van der Waals surface area contributed by atoms with E-state index in [4.69, 9.17) is 4.74 Å². The van der Waals surface area contributed by atoms with E-state index in [1.165, 1.54) is 42.6 Å². The fourth-order valence-corrected chi connectivity index (χ4v) is 3.07. The highest BCUT2D eigenvalue weighted by Gasteiger charge is 2.15. The molecule has 1 aliphatic heterocycles. The number of benzene rings is 2. The molecule has 1 saturated heterocycles. The maximum absolute atomic E-state index is 5.80. The largest absolute Gasteiger partial charge is 0.493 e. The van der Waals surface area contributed by atoms with Gasteiger partial charge in [0.15, 0.2) is 0 Å². The third-order valence-electron chi connectivity index (χ3n) is 4.09. The fourth-order valence-electron chi connectivity index (χ4n) is 3.07. The Hall–Kier alpha value is -1.80. The van der Waals surface area contributed by atoms with Crippen LogP contribution in [0.2, 0.25) is 0 Å². The highest BCUT2D eigenvalue weighted by molar-refractivity contribution is 5.73. The van der Waals surface area contributed by atoms with E-state index >= 15 is 0 Å². The van der Waals surface area contributed by atoms with E-state index in [1.54, 1.807) is 0 Å². The SMILES string of the molecule is CCOc1ccccc1-c1ccccc1CN1CCCC1. The molecule has 1 aliphatic rings. The zero-order chi connectivity index (χ0) is 14.5. The van der Waals surface area contributed by atoms with Crippen molar-refractivity contribution in [1.82, 2.24) is 4.90 Å². The van der Waals surface area contributed by atoms with Crippen molar-refractivity contribution in [3.8, 4) is 16.9 Å². The van der Waals surface area contributed by atoms with Crippen LogP contribution < -0.4 is 4.74 Å². The second-order valence-corrected chi connectivity index (χ2v) is 5.57. The van der Waals surface area contributed by atoms with Crippen LogP contribution >= 0.6 is 0 Å². The molecule has 21 heavy (non-hydrogen) atoms. The number of ether oxygens (including phenoxy) is 1. The lowest BCUT2D eigenvalue weighted by Gasteiger charge is -2.19. The van der Waals surface area contributed by atoms with Crippen molar-refractivity contribution in [2.45, 2.75) is 26.3 Å². The van der Waals surface area contributed by atoms with Crippen LogP contribution in [0.5, 0.6) is 5.75 Å². The van der Waals surface area contributed by atoms with Crippen molar-refractivity contribution >= 4 is 0 Å². The van der Waals surface area contributed by atoms with E-state index in [9.17, 15) is 0 Å². The van der Waals surface area contributed by atoms with Gasteiger partial charge in [-0.15, -0.1) is 0 Å². The molecule has 0 atom stereocenters. The summed E-state index contributed by atoms with van der Waals surface area (Å²) < 4.78 is 5.80. The van der Waals surface area contributed by atoms with Gasteiger partial charge in [0, 0.05) is 12.1 Å². The molecule has 2 aromatic carbocycles. The molecule has 0 radical (unpaired) electrons. The Balaban J connectivity index is 1.94. The third-order valence-corrected chi connectivity index (χ3v) is 4.09. The number of para-hydroxylation sites is 1. The molecule has 0 unspecified atom stereocenters. The first kappa shape index (κ1) is 14.2. The second-order valence-electron chi connectivity index (χ2n) is 5.57. The standard InChI is InChI=1S/C19H23NO/c1-2-21-19-12-6-5-11-18(19)17-10-4-3-9-16(17)15-20-13-7-8-14-20/h3-6,9-12H,2,7-8,13-15H2,1H3. The summed E-state index contributed by atoms with van der Waals surface area (Å²) in [4.78, 5) is 2.54. The van der Waals surface area contributed by atoms with Crippen LogP contribution in [-0.2, 0) is 6.54 Å². The monoisotopic (exact) mass is 281 g/mol. The summed E-state index contributed by atoms with van der Waals surface area (Å²) >= 11 is 0. The van der Waals surface area contributed by atoms with Crippen LogP contribution in [0.15, 0.2) is 48.5 Å². The van der Waals surface area contributed by atoms with Gasteiger partial charge in [-0.2, -0.15) is 0 Å². The van der Waals surface area contributed by atoms with Gasteiger partial charge in [-0.3, -0.25) is 4.90 Å². The lowest BCUT2D eigenvalue weighted by molar-refractivity contribution is 0.331. The molecule has 0 spiro atoms. The van der Waals surface area contributed by atoms with Crippen molar-refractivity contribution in [2.24, 2.45) is 0 Å². The molecule has 2 nitrogen and oxygen atoms in total. The molecule has 110 valence electrons. The van der Waals surface area contributed by atoms with Gasteiger partial charge in [0.25, 0.3) is 0 Å². The number of rotatable bonds is 5. The topological polar surface area (TPSA) is 12.5 Å². The molecule has 2 aromatic rings. The van der Waals surface area contributed by atoms with Gasteiger partial charge in [-0.05, 0) is 50.0 Å². The summed E-state index contributed by atoms with van der Waals surface area (Å²) in [5.74, 6) is 0.980. The summed E-state index contributed by atoms with van der Waals surface area (Å²) in [6.07, 6.45) is 2.66. The Bertz CT molecular complexity index is 588. The number of hydrogen-bond donors (Lipinski definition) is 0. The van der Waals surface area contributed by atoms with Crippen LogP contribution in [0.3, 0.4) is 0 Å². The molecule has 0 amide bonds. The first-order valence-electron chi connectivity index (χ1n) is 7.91. The summed E-state index contributed by atoms with van der Waals surface area (Å²) in [6, 6.07) is 17.1. The van der Waals surface area contributed by atoms with Crippen LogP contribution in [0.25, 0.3) is 11.1 Å². The normalized spacial score (nSPS) is 15.3. The Morgan fingerprint density at radius 1 is 0.905 bits per heavy atom. The van der Waals surface area contributed by atoms with Gasteiger partial charge in [-0.25, -0.2) is 0 Å². The third kappa shape index (κ3) is 3.27. The van der Waals surface area contributed by atoms with Gasteiger partial charge in [0.2, 0.25) is 0 Å². The van der Waals surface area contributed by atoms with Gasteiger partial charge >= 0.3 is 0 Å². The van der Waals surface area contributed by atoms with E-state index < -0.39 is 0 Å². The van der Waals surface area contributed by atoms with Gasteiger partial charge in [-0.1, -0.05) is 42.5 Å². The minimum atomic E-state index is 0.700. The van der Waals surface area contributed by atoms with Crippen molar-refractivity contribution in [2.75, 3.05) is 19.7 Å². The second kappa shape index (κ2) is 6.77. The van der Waals surface area contributed by atoms with E-state index in [2.05, 4.69) is 47.4 Å². The number of nitrogens with zero attached hydrogens (tertiary/aromatic N) is 1. The number of hydrogen-bond acceptors (Lipinski definition) is 2. The Labute approximate surface area is 127 Å². The maximum Gasteiger partial charge on any atom is 0.127 e. The van der Waals surface area contributed by atoms with E-state index in [0.717, 1.165) is 12.3 Å². The van der Waals surface area contributed by atoms with E-state index in [1.807, 2.05) is 13.0 Å². The molecule has 2 heteroatoms. The molecular formula is C19H23NO. The quantitative estimate of drug-likeness (QED) is 0.808. The van der Waals surface area contributed by atoms with Crippen LogP contribution in [0.1, 0.15) is 25.3 Å². The average Bonchev–Trinajstić information content (AvgIpc) is 3.02. The zero-order valence-corrected chi connectivity index (χ0v) is 12.7. The van der Waals surface area contributed by atoms with Crippen LogP contribution in [0, 0.1) is 0 Å². The molecule has 0 N–H and O–H groups in total. The lowest BCUT2D eigenvalue weighted by Crippen LogP contribution is -2.18. The number of likely N-dealkylation sites (tertiary alicyclic amines) is 1. The van der Waals surface area contributed by atoms with Crippen LogP contribution in [0.4, 0.5) is 0 Å². The van der Waals surface area contributed by atoms with Gasteiger partial charge < -0.3 is 4.74 Å². The first-order chi connectivity index (χ1) is 10.4. The molecule has 0 aromatic heterocycles. The molecule has 1 fully saturated rings. The fraction of sp³-hybridized carbons (Fsp3) is 0.368. The summed E-state index contributed by atoms with van der Waals surface area (Å²) in [7, 11) is 0. The first-order valence-corrected chi connectivity index (χ1v) is 7.91. The van der Waals surface area contributed by atoms with E-state index in [0.29, 0.717) is 6.61 Å². The Morgan fingerprint density at radius 2 is 1.57 bits per heavy atom. The highest BCUT2D eigenvalue weighted by atomic mass is 16.5. The Morgan fingerprint density at radius 3 is 2.33 bits per heavy atom. The van der Waals surface area contributed by atoms with Crippen molar-refractivity contribution in [3.63, 3.8) is 0 Å². The minimum Gasteiger partial charge on any atom is -0.493 e. The molecule has 0 aliphatic carbocycles. The average molecular weight is 281 g/mol. The van der Waals surface area contributed by atoms with E-state index in [-0.39, 0.29) is 0 Å². The van der Waals surface area contributed by atoms with Gasteiger partial charge in [0.05, 0.1) is 6.61 Å². The molecule has 0 bridgehead atoms. The van der Waals surface area contributed by atoms with Crippen LogP contribution in [-0.4, -0.2) is 24.6 Å². The Kier molecular flexibility index (Phi) is 4.56. The van der Waals surface area contributed by atoms with Crippen molar-refractivity contribution < 1.29 is 4.74 Å². The summed E-state index contributed by atoms with van der Waals surface area (Å²) in [6.45, 7) is 6.22. The smallest absolute Gasteiger partial charge is 0.127 e. The molecule has 0 saturated carbocycles. The predicted octanol–water partition coefficient (Wildman–Crippen LogP) is 4.35. The zero-order valence-electron chi connectivity index (χ0n) is 12.7. The highest BCUT2D eigenvalue weighted by Crippen LogP contribution is 2.33.